The van der Waals surface area contributed by atoms with Crippen molar-refractivity contribution in [3.05, 3.63) is 35.4 Å². The second kappa shape index (κ2) is 5.99. The van der Waals surface area contributed by atoms with Crippen LogP contribution in [-0.4, -0.2) is 24.5 Å². The molecule has 0 aliphatic carbocycles. The third-order valence-electron chi connectivity index (χ3n) is 3.90. The number of halogens is 3. The summed E-state index contributed by atoms with van der Waals surface area (Å²) in [6.45, 7) is 9.58. The number of nitrogens with zero attached hydrogens (tertiary/aromatic N) is 1. The largest absolute Gasteiger partial charge is 0.416 e. The number of piperidine rings is 1. The molecule has 1 aliphatic heterocycles. The van der Waals surface area contributed by atoms with E-state index in [1.165, 1.54) is 6.07 Å². The number of rotatable bonds is 2. The van der Waals surface area contributed by atoms with Crippen LogP contribution in [0.3, 0.4) is 0 Å². The zero-order valence-corrected chi connectivity index (χ0v) is 12.9. The van der Waals surface area contributed by atoms with Crippen molar-refractivity contribution in [2.24, 2.45) is 5.41 Å². The predicted molar refractivity (Wildman–Crippen MR) is 78.2 cm³/mol. The fourth-order valence-corrected chi connectivity index (χ4v) is 2.99. The lowest BCUT2D eigenvalue weighted by Gasteiger charge is -2.36. The van der Waals surface area contributed by atoms with Crippen LogP contribution in [0.5, 0.6) is 0 Å². The summed E-state index contributed by atoms with van der Waals surface area (Å²) in [7, 11) is 0. The van der Waals surface area contributed by atoms with Crippen LogP contribution in [0.2, 0.25) is 0 Å². The SMILES string of the molecule is CC(C)(C)CN1CCC(c2c[c]cc(C(F)(F)F)c2)CC1. The molecular formula is C17H23F3N. The summed E-state index contributed by atoms with van der Waals surface area (Å²) in [4.78, 5) is 2.41. The minimum atomic E-state index is -4.28. The van der Waals surface area contributed by atoms with Gasteiger partial charge in [0.05, 0.1) is 5.56 Å². The summed E-state index contributed by atoms with van der Waals surface area (Å²) in [6.07, 6.45) is -2.43. The van der Waals surface area contributed by atoms with Gasteiger partial charge in [0.25, 0.3) is 0 Å². The molecular weight excluding hydrogens is 275 g/mol. The standard InChI is InChI=1S/C17H23F3N/c1-16(2,3)12-21-9-7-13(8-10-21)14-5-4-6-15(11-14)17(18,19)20/h5-6,11,13H,7-10,12H2,1-3H3. The van der Waals surface area contributed by atoms with Crippen LogP contribution in [0.4, 0.5) is 13.2 Å². The van der Waals surface area contributed by atoms with Gasteiger partial charge in [-0.05, 0) is 61.0 Å². The molecule has 0 atom stereocenters. The quantitative estimate of drug-likeness (QED) is 0.763. The summed E-state index contributed by atoms with van der Waals surface area (Å²) < 4.78 is 38.3. The molecule has 1 fully saturated rings. The Hall–Kier alpha value is -1.03. The Balaban J connectivity index is 1.99. The van der Waals surface area contributed by atoms with Crippen LogP contribution in [0, 0.1) is 11.5 Å². The summed E-state index contributed by atoms with van der Waals surface area (Å²) in [6, 6.07) is 6.68. The Kier molecular flexibility index (Phi) is 4.66. The maximum absolute atomic E-state index is 12.8. The molecule has 1 heterocycles. The van der Waals surface area contributed by atoms with E-state index in [9.17, 15) is 13.2 Å². The molecule has 1 nitrogen and oxygen atoms in total. The van der Waals surface area contributed by atoms with Gasteiger partial charge in [0, 0.05) is 6.54 Å². The van der Waals surface area contributed by atoms with Gasteiger partial charge in [-0.25, -0.2) is 0 Å². The van der Waals surface area contributed by atoms with Crippen molar-refractivity contribution in [1.82, 2.24) is 4.90 Å². The monoisotopic (exact) mass is 298 g/mol. The lowest BCUT2D eigenvalue weighted by molar-refractivity contribution is -0.137. The second-order valence-corrected chi connectivity index (χ2v) is 7.16. The van der Waals surface area contributed by atoms with Crippen LogP contribution in [-0.2, 0) is 6.18 Å². The van der Waals surface area contributed by atoms with Crippen LogP contribution < -0.4 is 0 Å². The first-order valence-electron chi connectivity index (χ1n) is 7.46. The van der Waals surface area contributed by atoms with Crippen LogP contribution >= 0.6 is 0 Å². The lowest BCUT2D eigenvalue weighted by Crippen LogP contribution is -2.38. The molecule has 2 rings (SSSR count). The molecule has 1 aromatic rings. The molecule has 0 saturated carbocycles. The Morgan fingerprint density at radius 3 is 2.29 bits per heavy atom. The first-order valence-corrected chi connectivity index (χ1v) is 7.46. The van der Waals surface area contributed by atoms with Gasteiger partial charge in [0.1, 0.15) is 0 Å². The molecule has 0 N–H and O–H groups in total. The Bertz CT molecular complexity index is 466. The maximum Gasteiger partial charge on any atom is 0.416 e. The highest BCUT2D eigenvalue weighted by molar-refractivity contribution is 5.28. The van der Waals surface area contributed by atoms with Crippen molar-refractivity contribution in [2.75, 3.05) is 19.6 Å². The average molecular weight is 298 g/mol. The zero-order valence-electron chi connectivity index (χ0n) is 12.9. The van der Waals surface area contributed by atoms with Crippen molar-refractivity contribution in [3.63, 3.8) is 0 Å². The van der Waals surface area contributed by atoms with Crippen LogP contribution in [0.15, 0.2) is 18.2 Å². The molecule has 0 bridgehead atoms. The van der Waals surface area contributed by atoms with E-state index in [0.29, 0.717) is 0 Å². The summed E-state index contributed by atoms with van der Waals surface area (Å²) in [5.41, 5.74) is 0.453. The van der Waals surface area contributed by atoms with Crippen LogP contribution in [0.25, 0.3) is 0 Å². The molecule has 1 aliphatic rings. The van der Waals surface area contributed by atoms with Gasteiger partial charge in [-0.2, -0.15) is 13.2 Å². The van der Waals surface area contributed by atoms with E-state index in [-0.39, 0.29) is 11.3 Å². The molecule has 0 spiro atoms. The van der Waals surface area contributed by atoms with Crippen molar-refractivity contribution in [2.45, 2.75) is 45.7 Å². The number of hydrogen-bond donors (Lipinski definition) is 0. The minimum Gasteiger partial charge on any atom is -0.303 e. The maximum atomic E-state index is 12.8. The molecule has 0 aromatic heterocycles. The van der Waals surface area contributed by atoms with Crippen molar-refractivity contribution in [3.8, 4) is 0 Å². The topological polar surface area (TPSA) is 3.24 Å². The molecule has 21 heavy (non-hydrogen) atoms. The first-order chi connectivity index (χ1) is 9.65. The van der Waals surface area contributed by atoms with Crippen molar-refractivity contribution in [1.29, 1.82) is 0 Å². The molecule has 4 heteroatoms. The lowest BCUT2D eigenvalue weighted by atomic mass is 9.87. The summed E-state index contributed by atoms with van der Waals surface area (Å²) in [5, 5.41) is 0. The molecule has 1 aromatic carbocycles. The number of likely N-dealkylation sites (tertiary alicyclic amines) is 1. The van der Waals surface area contributed by atoms with Gasteiger partial charge in [0.2, 0.25) is 0 Å². The number of alkyl halides is 3. The van der Waals surface area contributed by atoms with Gasteiger partial charge < -0.3 is 4.90 Å². The average Bonchev–Trinajstić information content (AvgIpc) is 2.37. The van der Waals surface area contributed by atoms with Gasteiger partial charge >= 0.3 is 6.18 Å². The van der Waals surface area contributed by atoms with E-state index >= 15 is 0 Å². The third kappa shape index (κ3) is 4.73. The van der Waals surface area contributed by atoms with Gasteiger partial charge in [0.15, 0.2) is 0 Å². The van der Waals surface area contributed by atoms with Crippen molar-refractivity contribution < 1.29 is 13.2 Å². The minimum absolute atomic E-state index is 0.222. The second-order valence-electron chi connectivity index (χ2n) is 7.16. The Morgan fingerprint density at radius 2 is 1.76 bits per heavy atom. The molecule has 0 unspecified atom stereocenters. The first kappa shape index (κ1) is 16.3. The van der Waals surface area contributed by atoms with Crippen molar-refractivity contribution >= 4 is 0 Å². The van der Waals surface area contributed by atoms with Crippen LogP contribution in [0.1, 0.15) is 50.7 Å². The highest BCUT2D eigenvalue weighted by Gasteiger charge is 2.31. The fourth-order valence-electron chi connectivity index (χ4n) is 2.99. The smallest absolute Gasteiger partial charge is 0.303 e. The Morgan fingerprint density at radius 1 is 1.14 bits per heavy atom. The van der Waals surface area contributed by atoms with E-state index in [2.05, 4.69) is 31.7 Å². The highest BCUT2D eigenvalue weighted by Crippen LogP contribution is 2.34. The normalized spacial score (nSPS) is 19.0. The van der Waals surface area contributed by atoms with E-state index in [1.807, 2.05) is 0 Å². The fraction of sp³-hybridized carbons (Fsp3) is 0.647. The third-order valence-corrected chi connectivity index (χ3v) is 3.90. The van der Waals surface area contributed by atoms with E-state index in [4.69, 9.17) is 0 Å². The van der Waals surface area contributed by atoms with E-state index < -0.39 is 11.7 Å². The van der Waals surface area contributed by atoms with Gasteiger partial charge in [-0.1, -0.05) is 26.8 Å². The highest BCUT2D eigenvalue weighted by atomic mass is 19.4. The molecule has 117 valence electrons. The Labute approximate surface area is 125 Å². The zero-order chi connectivity index (χ0) is 15.7. The summed E-state index contributed by atoms with van der Waals surface area (Å²) >= 11 is 0. The number of benzene rings is 1. The summed E-state index contributed by atoms with van der Waals surface area (Å²) in [5.74, 6) is 0.222. The predicted octanol–water partition coefficient (Wildman–Crippen LogP) is 4.73. The molecule has 0 amide bonds. The molecule has 1 radical (unpaired) electrons. The number of hydrogen-bond acceptors (Lipinski definition) is 1. The van der Waals surface area contributed by atoms with Gasteiger partial charge in [-0.3, -0.25) is 0 Å². The van der Waals surface area contributed by atoms with E-state index in [1.54, 1.807) is 6.07 Å². The van der Waals surface area contributed by atoms with E-state index in [0.717, 1.165) is 44.1 Å². The molecule has 1 saturated heterocycles. The van der Waals surface area contributed by atoms with Gasteiger partial charge in [-0.15, -0.1) is 0 Å².